The van der Waals surface area contributed by atoms with Crippen molar-refractivity contribution in [2.45, 2.75) is 77.7 Å². The van der Waals surface area contributed by atoms with Gasteiger partial charge >= 0.3 is 0 Å². The van der Waals surface area contributed by atoms with Gasteiger partial charge < -0.3 is 73.6 Å². The van der Waals surface area contributed by atoms with Crippen molar-refractivity contribution < 1.29 is 0 Å². The van der Waals surface area contributed by atoms with Crippen LogP contribution in [0.2, 0.25) is 0 Å². The molecular formula is C79H162N20. The molecule has 0 aliphatic carbocycles. The third-order valence-corrected chi connectivity index (χ3v) is 11.9. The van der Waals surface area contributed by atoms with Crippen LogP contribution in [0.3, 0.4) is 0 Å². The standard InChI is InChI=1S/4C10H16N2.2C7H19N3.2C6H8N2.C3H10N2.3C2H6.4CH4/c4*1-11(2)9-5-7-10(8-6-9)12(3)4;2*1-8(2)6-10(5)7-9(3)4;2*7-5-1-2-6(8)4-3-5;4-2-1-3-5;3*1-2;;;;/h4*5-8H,1-4H3;2*6-7H2,1-5H3;2*1-4H,7-8H2;1-5H2;3*1-2H3;4*1H4. The second-order valence-corrected chi connectivity index (χ2v) is 24.1. The smallest absolute Gasteiger partial charge is 0.0509 e. The van der Waals surface area contributed by atoms with Crippen LogP contribution in [0.5, 0.6) is 0 Å². The lowest BCUT2D eigenvalue weighted by atomic mass is 10.2. The van der Waals surface area contributed by atoms with E-state index >= 15 is 0 Å². The Labute approximate surface area is 614 Å². The van der Waals surface area contributed by atoms with E-state index in [1.54, 1.807) is 48.5 Å². The van der Waals surface area contributed by atoms with E-state index in [4.69, 9.17) is 34.4 Å². The molecule has 0 aliphatic rings. The molecule has 0 fully saturated rings. The van der Waals surface area contributed by atoms with Crippen LogP contribution in [-0.4, -0.2) is 252 Å². The highest BCUT2D eigenvalue weighted by atomic mass is 15.3. The number of nitrogens with two attached hydrogens (primary N) is 6. The first kappa shape index (κ1) is 113. The van der Waals surface area contributed by atoms with Gasteiger partial charge in [-0.1, -0.05) is 71.2 Å². The first-order valence-corrected chi connectivity index (χ1v) is 32.8. The van der Waals surface area contributed by atoms with E-state index in [1.807, 2.05) is 154 Å². The van der Waals surface area contributed by atoms with Crippen LogP contribution in [-0.2, 0) is 0 Å². The number of nitrogens with zero attached hydrogens (tertiary/aromatic N) is 14. The maximum Gasteiger partial charge on any atom is 0.0509 e. The highest BCUT2D eigenvalue weighted by Gasteiger charge is 2.02. The topological polar surface area (TPSA) is 201 Å². The Kier molecular flexibility index (Phi) is 80.4. The molecule has 0 saturated carbocycles. The molecule has 12 N–H and O–H groups in total. The number of rotatable bonds is 18. The quantitative estimate of drug-likeness (QED) is 0.0350. The lowest BCUT2D eigenvalue weighted by Gasteiger charge is -2.24. The molecule has 6 rings (SSSR count). The second-order valence-electron chi connectivity index (χ2n) is 24.1. The summed E-state index contributed by atoms with van der Waals surface area (Å²) < 4.78 is 0. The van der Waals surface area contributed by atoms with Gasteiger partial charge in [-0.25, -0.2) is 0 Å². The summed E-state index contributed by atoms with van der Waals surface area (Å²) in [5, 5.41) is 0. The van der Waals surface area contributed by atoms with E-state index < -0.39 is 0 Å². The van der Waals surface area contributed by atoms with Crippen molar-refractivity contribution >= 4 is 68.2 Å². The van der Waals surface area contributed by atoms with Crippen LogP contribution in [0, 0.1) is 0 Å². The Morgan fingerprint density at radius 3 is 0.364 bits per heavy atom. The van der Waals surface area contributed by atoms with Crippen LogP contribution in [0.1, 0.15) is 77.7 Å². The van der Waals surface area contributed by atoms with Crippen molar-refractivity contribution in [1.82, 2.24) is 29.4 Å². The summed E-state index contributed by atoms with van der Waals surface area (Å²) in [6, 6.07) is 48.1. The summed E-state index contributed by atoms with van der Waals surface area (Å²) in [6.07, 6.45) is 0.944. The summed E-state index contributed by atoms with van der Waals surface area (Å²) in [7, 11) is 53.6. The van der Waals surface area contributed by atoms with Crippen molar-refractivity contribution in [2.24, 2.45) is 11.5 Å². The molecule has 0 radical (unpaired) electrons. The molecule has 20 heteroatoms. The van der Waals surface area contributed by atoms with Crippen molar-refractivity contribution in [3.63, 3.8) is 0 Å². The minimum absolute atomic E-state index is 0. The first-order valence-electron chi connectivity index (χ1n) is 32.8. The lowest BCUT2D eigenvalue weighted by Crippen LogP contribution is -2.36. The molecule has 0 unspecified atom stereocenters. The molecule has 0 heterocycles. The van der Waals surface area contributed by atoms with E-state index in [0.717, 1.165) is 68.9 Å². The number of anilines is 12. The Morgan fingerprint density at radius 1 is 0.202 bits per heavy atom. The summed E-state index contributed by atoms with van der Waals surface area (Å²) in [5.74, 6) is 0. The molecule has 0 aliphatic heterocycles. The fraction of sp³-hybridized carbons (Fsp3) is 0.544. The normalized spacial score (nSPS) is 9.17. The van der Waals surface area contributed by atoms with Gasteiger partial charge in [-0.2, -0.15) is 0 Å². The number of hydrogen-bond donors (Lipinski definition) is 6. The zero-order valence-electron chi connectivity index (χ0n) is 66.5. The zero-order chi connectivity index (χ0) is 74.9. The predicted octanol–water partition coefficient (Wildman–Crippen LogP) is 13.8. The van der Waals surface area contributed by atoms with Crippen molar-refractivity contribution in [2.75, 3.05) is 285 Å². The molecule has 0 saturated heterocycles. The number of hydrogen-bond acceptors (Lipinski definition) is 20. The zero-order valence-corrected chi connectivity index (χ0v) is 66.5. The second kappa shape index (κ2) is 70.5. The summed E-state index contributed by atoms with van der Waals surface area (Å²) in [6.45, 7) is 17.5. The molecule has 0 atom stereocenters. The molecule has 99 heavy (non-hydrogen) atoms. The fourth-order valence-electron chi connectivity index (χ4n) is 7.33. The van der Waals surface area contributed by atoms with Gasteiger partial charge in [0.2, 0.25) is 0 Å². The Hall–Kier alpha value is -7.40. The molecule has 0 amide bonds. The average Bonchev–Trinajstić information content (AvgIpc) is 0.922. The van der Waals surface area contributed by atoms with E-state index in [-0.39, 0.29) is 29.7 Å². The van der Waals surface area contributed by atoms with Crippen molar-refractivity contribution in [3.05, 3.63) is 146 Å². The van der Waals surface area contributed by atoms with E-state index in [9.17, 15) is 0 Å². The Bertz CT molecular complexity index is 2080. The SMILES string of the molecule is C.C.C.C.CC.CC.CC.CN(C)CN(C)CN(C)C.CN(C)CN(C)CN(C)C.CN(C)c1ccc(N(C)C)cc1.CN(C)c1ccc(N(C)C)cc1.CN(C)c1ccc(N(C)C)cc1.CN(C)c1ccc(N(C)C)cc1.NCCCN.Nc1ccc(N)cc1.Nc1ccc(N)cc1. The van der Waals surface area contributed by atoms with Crippen LogP contribution < -0.4 is 73.6 Å². The summed E-state index contributed by atoms with van der Waals surface area (Å²) in [4.78, 5) is 29.9. The van der Waals surface area contributed by atoms with Crippen LogP contribution >= 0.6 is 0 Å². The molecule has 0 bridgehead atoms. The van der Waals surface area contributed by atoms with Crippen LogP contribution in [0.25, 0.3) is 0 Å². The Balaban J connectivity index is -0.000000112. The molecule has 6 aromatic rings. The molecule has 20 nitrogen and oxygen atoms in total. The van der Waals surface area contributed by atoms with E-state index in [1.165, 1.54) is 45.5 Å². The lowest BCUT2D eigenvalue weighted by molar-refractivity contribution is 0.147. The predicted molar refractivity (Wildman–Crippen MR) is 464 cm³/mol. The van der Waals surface area contributed by atoms with Crippen LogP contribution in [0.4, 0.5) is 68.2 Å². The largest absolute Gasteiger partial charge is 0.399 e. The number of benzene rings is 6. The fourth-order valence-corrected chi connectivity index (χ4v) is 7.33. The van der Waals surface area contributed by atoms with E-state index in [0.29, 0.717) is 0 Å². The maximum atomic E-state index is 5.37. The Morgan fingerprint density at radius 2 is 0.303 bits per heavy atom. The molecule has 578 valence electrons. The molecular weight excluding hydrogens is 1230 g/mol. The third kappa shape index (κ3) is 67.6. The van der Waals surface area contributed by atoms with Crippen molar-refractivity contribution in [1.29, 1.82) is 0 Å². The van der Waals surface area contributed by atoms with Gasteiger partial charge in [0.25, 0.3) is 0 Å². The molecule has 6 aromatic carbocycles. The first-order chi connectivity index (χ1) is 44.5. The number of nitrogen functional groups attached to an aromatic ring is 4. The van der Waals surface area contributed by atoms with Gasteiger partial charge in [0.05, 0.1) is 26.7 Å². The third-order valence-electron chi connectivity index (χ3n) is 11.9. The van der Waals surface area contributed by atoms with Gasteiger partial charge in [0.15, 0.2) is 0 Å². The summed E-state index contributed by atoms with van der Waals surface area (Å²) >= 11 is 0. The minimum atomic E-state index is 0. The van der Waals surface area contributed by atoms with Gasteiger partial charge in [-0.05, 0) is 236 Å². The highest BCUT2D eigenvalue weighted by Crippen LogP contribution is 2.20. The molecule has 0 aromatic heterocycles. The van der Waals surface area contributed by atoms with Gasteiger partial charge in [0.1, 0.15) is 0 Å². The average molecular weight is 1390 g/mol. The van der Waals surface area contributed by atoms with E-state index in [2.05, 4.69) is 236 Å². The monoisotopic (exact) mass is 1390 g/mol. The highest BCUT2D eigenvalue weighted by molar-refractivity contribution is 5.58. The van der Waals surface area contributed by atoms with Gasteiger partial charge in [-0.15, -0.1) is 0 Å². The maximum absolute atomic E-state index is 5.37. The van der Waals surface area contributed by atoms with Crippen molar-refractivity contribution in [3.8, 4) is 0 Å². The minimum Gasteiger partial charge on any atom is -0.399 e. The van der Waals surface area contributed by atoms with Gasteiger partial charge in [-0.3, -0.25) is 29.4 Å². The summed E-state index contributed by atoms with van der Waals surface area (Å²) in [5.41, 5.74) is 44.5. The van der Waals surface area contributed by atoms with Gasteiger partial charge in [0, 0.05) is 181 Å². The van der Waals surface area contributed by atoms with Crippen LogP contribution in [0.15, 0.2) is 146 Å². The molecule has 0 spiro atoms.